The van der Waals surface area contributed by atoms with Gasteiger partial charge >= 0.3 is 18.2 Å². The number of para-hydroxylation sites is 2. The van der Waals surface area contributed by atoms with Gasteiger partial charge in [-0.3, -0.25) is 20.2 Å². The van der Waals surface area contributed by atoms with Crippen LogP contribution in [0.25, 0.3) is 0 Å². The summed E-state index contributed by atoms with van der Waals surface area (Å²) in [5, 5.41) is 22.2. The summed E-state index contributed by atoms with van der Waals surface area (Å²) in [7, 11) is 0. The lowest BCUT2D eigenvalue weighted by molar-refractivity contribution is -0.137. The maximum absolute atomic E-state index is 12.9. The third-order valence-electron chi connectivity index (χ3n) is 8.34. The summed E-state index contributed by atoms with van der Waals surface area (Å²) in [4.78, 5) is 57.6. The number of pyridine rings is 2. The molecule has 0 spiro atoms. The first-order chi connectivity index (χ1) is 29.3. The van der Waals surface area contributed by atoms with Crippen molar-refractivity contribution >= 4 is 69.6 Å². The molecule has 6 amide bonds. The lowest BCUT2D eigenvalue weighted by Crippen LogP contribution is -2.28. The zero-order valence-corrected chi connectivity index (χ0v) is 33.3. The molecule has 14 nitrogen and oxygen atoms in total. The molecule has 8 N–H and O–H groups in total. The van der Waals surface area contributed by atoms with Crippen LogP contribution in [0.1, 0.15) is 45.7 Å². The lowest BCUT2D eigenvalue weighted by atomic mass is 10.1. The SMILES string of the molecule is CCNC(=O)Nc1cc(Nc2ccccc2)c(C(=O)Nc2ccc(C(F)(F)F)cc2)cn1.CCNC(=O)Nc1cc(Nc2ccccc2)c(C(=O)Nc2ccc(C)cc2)cn1. The van der Waals surface area contributed by atoms with Gasteiger partial charge in [0.1, 0.15) is 11.6 Å². The summed E-state index contributed by atoms with van der Waals surface area (Å²) < 4.78 is 38.2. The second-order valence-corrected chi connectivity index (χ2v) is 13.0. The van der Waals surface area contributed by atoms with E-state index in [0.717, 1.165) is 23.4 Å². The van der Waals surface area contributed by atoms with E-state index in [2.05, 4.69) is 52.5 Å². The first kappa shape index (κ1) is 44.2. The molecule has 2 aromatic heterocycles. The first-order valence-electron chi connectivity index (χ1n) is 18.9. The molecule has 61 heavy (non-hydrogen) atoms. The molecule has 4 aromatic carbocycles. The topological polar surface area (TPSA) is 190 Å². The first-order valence-corrected chi connectivity index (χ1v) is 18.9. The monoisotopic (exact) mass is 832 g/mol. The largest absolute Gasteiger partial charge is 0.416 e. The normalized spacial score (nSPS) is 10.5. The zero-order valence-electron chi connectivity index (χ0n) is 33.3. The van der Waals surface area contributed by atoms with Crippen molar-refractivity contribution in [2.75, 3.05) is 45.0 Å². The molecular weight excluding hydrogens is 790 g/mol. The number of aromatic nitrogens is 2. The van der Waals surface area contributed by atoms with Crippen LogP contribution < -0.4 is 42.5 Å². The molecule has 0 aliphatic carbocycles. The van der Waals surface area contributed by atoms with Crippen molar-refractivity contribution in [2.24, 2.45) is 0 Å². The van der Waals surface area contributed by atoms with Gasteiger partial charge in [-0.1, -0.05) is 54.1 Å². The molecule has 0 aliphatic heterocycles. The Morgan fingerprint density at radius 1 is 0.525 bits per heavy atom. The van der Waals surface area contributed by atoms with Crippen molar-refractivity contribution in [2.45, 2.75) is 26.9 Å². The number of alkyl halides is 3. The number of hydrogen-bond acceptors (Lipinski definition) is 8. The highest BCUT2D eigenvalue weighted by Gasteiger charge is 2.30. The Labute approximate surface area is 349 Å². The van der Waals surface area contributed by atoms with Gasteiger partial charge in [0.05, 0.1) is 28.1 Å². The molecule has 0 aliphatic rings. The Morgan fingerprint density at radius 2 is 0.918 bits per heavy atom. The summed E-state index contributed by atoms with van der Waals surface area (Å²) in [5.74, 6) is -0.341. The van der Waals surface area contributed by atoms with Crippen LogP contribution in [0.5, 0.6) is 0 Å². The summed E-state index contributed by atoms with van der Waals surface area (Å²) in [5.41, 5.74) is 4.05. The standard InChI is InChI=1S/C22H20F3N5O2.C22H23N5O2/c1-2-26-21(32)30-19-12-18(28-15-6-4-3-5-7-15)17(13-27-19)20(31)29-16-10-8-14(9-11-16)22(23,24)25;1-3-23-22(29)27-20-13-19(25-16-7-5-4-6-8-16)18(14-24-20)21(28)26-17-11-9-15(2)10-12-17/h3-13H,2H2,1H3,(H,29,31)(H3,26,27,28,30,32);4-14H,3H2,1-2H3,(H,26,28)(H3,23,24,25,27,29). The van der Waals surface area contributed by atoms with E-state index in [1.54, 1.807) is 37.3 Å². The fourth-order valence-corrected chi connectivity index (χ4v) is 5.39. The van der Waals surface area contributed by atoms with Crippen LogP contribution in [-0.4, -0.2) is 46.9 Å². The van der Waals surface area contributed by atoms with Gasteiger partial charge in [0.25, 0.3) is 11.8 Å². The van der Waals surface area contributed by atoms with Crippen LogP contribution in [0.4, 0.5) is 68.5 Å². The maximum atomic E-state index is 12.9. The fraction of sp³-hybridized carbons (Fsp3) is 0.136. The molecule has 0 atom stereocenters. The minimum absolute atomic E-state index is 0.134. The van der Waals surface area contributed by atoms with Crippen molar-refractivity contribution in [1.29, 1.82) is 0 Å². The van der Waals surface area contributed by atoms with Crippen LogP contribution in [0.2, 0.25) is 0 Å². The Bertz CT molecular complexity index is 2420. The van der Waals surface area contributed by atoms with Crippen molar-refractivity contribution in [3.8, 4) is 0 Å². The molecule has 6 aromatic rings. The number of rotatable bonds is 12. The number of nitrogens with one attached hydrogen (secondary N) is 8. The summed E-state index contributed by atoms with van der Waals surface area (Å²) >= 11 is 0. The molecule has 0 radical (unpaired) electrons. The Hall–Kier alpha value is -7.95. The molecule has 0 saturated heterocycles. The van der Waals surface area contributed by atoms with E-state index >= 15 is 0 Å². The van der Waals surface area contributed by atoms with Gasteiger partial charge in [-0.15, -0.1) is 0 Å². The third-order valence-corrected chi connectivity index (χ3v) is 8.34. The summed E-state index contributed by atoms with van der Waals surface area (Å²) in [6.45, 7) is 6.50. The minimum Gasteiger partial charge on any atom is -0.355 e. The average Bonchev–Trinajstić information content (AvgIpc) is 3.23. The van der Waals surface area contributed by atoms with Crippen molar-refractivity contribution in [1.82, 2.24) is 20.6 Å². The second kappa shape index (κ2) is 21.2. The summed E-state index contributed by atoms with van der Waals surface area (Å²) in [6.07, 6.45) is -1.76. The van der Waals surface area contributed by atoms with E-state index in [0.29, 0.717) is 47.2 Å². The highest BCUT2D eigenvalue weighted by atomic mass is 19.4. The molecular formula is C44H43F3N10O4. The number of amides is 6. The second-order valence-electron chi connectivity index (χ2n) is 13.0. The highest BCUT2D eigenvalue weighted by molar-refractivity contribution is 6.09. The van der Waals surface area contributed by atoms with Gasteiger partial charge in [0, 0.05) is 60.4 Å². The molecule has 17 heteroatoms. The van der Waals surface area contributed by atoms with Gasteiger partial charge in [0.15, 0.2) is 0 Å². The predicted octanol–water partition coefficient (Wildman–Crippen LogP) is 9.77. The van der Waals surface area contributed by atoms with Crippen LogP contribution in [0.3, 0.4) is 0 Å². The number of nitrogens with zero attached hydrogens (tertiary/aromatic N) is 2. The van der Waals surface area contributed by atoms with E-state index in [4.69, 9.17) is 0 Å². The molecule has 0 fully saturated rings. The number of carbonyl (C=O) groups is 4. The fourth-order valence-electron chi connectivity index (χ4n) is 5.39. The van der Waals surface area contributed by atoms with Crippen molar-refractivity contribution in [3.05, 3.63) is 156 Å². The lowest BCUT2D eigenvalue weighted by Gasteiger charge is -2.14. The van der Waals surface area contributed by atoms with E-state index in [-0.39, 0.29) is 29.0 Å². The molecule has 2 heterocycles. The molecule has 0 saturated carbocycles. The maximum Gasteiger partial charge on any atom is 0.416 e. The van der Waals surface area contributed by atoms with Crippen LogP contribution in [0.15, 0.2) is 134 Å². The van der Waals surface area contributed by atoms with Crippen LogP contribution in [0, 0.1) is 6.92 Å². The highest BCUT2D eigenvalue weighted by Crippen LogP contribution is 2.31. The van der Waals surface area contributed by atoms with Crippen molar-refractivity contribution in [3.63, 3.8) is 0 Å². The number of anilines is 8. The number of benzene rings is 4. The molecule has 0 unspecified atom stereocenters. The molecule has 6 rings (SSSR count). The summed E-state index contributed by atoms with van der Waals surface area (Å²) in [6, 6.07) is 32.4. The van der Waals surface area contributed by atoms with Crippen molar-refractivity contribution < 1.29 is 32.3 Å². The van der Waals surface area contributed by atoms with Crippen LogP contribution in [-0.2, 0) is 6.18 Å². The number of aryl methyl sites for hydroxylation is 1. The minimum atomic E-state index is -4.47. The molecule has 0 bridgehead atoms. The van der Waals surface area contributed by atoms with Crippen LogP contribution >= 0.6 is 0 Å². The molecule has 314 valence electrons. The quantitative estimate of drug-likeness (QED) is 0.0598. The van der Waals surface area contributed by atoms with E-state index in [1.807, 2.05) is 74.5 Å². The van der Waals surface area contributed by atoms with Gasteiger partial charge in [0.2, 0.25) is 0 Å². The zero-order chi connectivity index (χ0) is 43.8. The number of carbonyl (C=O) groups excluding carboxylic acids is 4. The van der Waals surface area contributed by atoms with Gasteiger partial charge < -0.3 is 31.9 Å². The van der Waals surface area contributed by atoms with E-state index in [1.165, 1.54) is 30.6 Å². The third kappa shape index (κ3) is 13.6. The van der Waals surface area contributed by atoms with E-state index in [9.17, 15) is 32.3 Å². The van der Waals surface area contributed by atoms with E-state index < -0.39 is 23.7 Å². The number of halogens is 3. The van der Waals surface area contributed by atoms with Gasteiger partial charge in [-0.25, -0.2) is 19.6 Å². The number of hydrogen-bond donors (Lipinski definition) is 8. The van der Waals surface area contributed by atoms with Gasteiger partial charge in [-0.05, 0) is 81.4 Å². The Balaban J connectivity index is 0.000000232. The predicted molar refractivity (Wildman–Crippen MR) is 232 cm³/mol. The Morgan fingerprint density at radius 3 is 1.30 bits per heavy atom. The Kier molecular flexibility index (Phi) is 15.3. The number of urea groups is 2. The van der Waals surface area contributed by atoms with Gasteiger partial charge in [-0.2, -0.15) is 13.2 Å². The smallest absolute Gasteiger partial charge is 0.355 e. The average molecular weight is 833 g/mol.